The Hall–Kier alpha value is -4.13. The van der Waals surface area contributed by atoms with Gasteiger partial charge in [0.2, 0.25) is 0 Å². The fraction of sp³-hybridized carbons (Fsp3) is 0.120. The number of halogens is 1. The summed E-state index contributed by atoms with van der Waals surface area (Å²) >= 11 is 0. The van der Waals surface area contributed by atoms with E-state index in [1.807, 2.05) is 19.1 Å². The van der Waals surface area contributed by atoms with Crippen LogP contribution < -0.4 is 20.1 Å². The van der Waals surface area contributed by atoms with Crippen LogP contribution in [0.3, 0.4) is 0 Å². The predicted octanol–water partition coefficient (Wildman–Crippen LogP) is 4.56. The molecule has 0 saturated carbocycles. The fourth-order valence-electron chi connectivity index (χ4n) is 2.89. The van der Waals surface area contributed by atoms with Crippen LogP contribution in [-0.2, 0) is 4.79 Å². The molecule has 0 bridgehead atoms. The fourth-order valence-corrected chi connectivity index (χ4v) is 2.89. The molecule has 0 unspecified atom stereocenters. The third-order valence-corrected chi connectivity index (χ3v) is 4.63. The molecule has 0 aromatic heterocycles. The van der Waals surface area contributed by atoms with E-state index in [1.54, 1.807) is 24.3 Å². The van der Waals surface area contributed by atoms with Crippen LogP contribution in [-0.4, -0.2) is 26.0 Å². The largest absolute Gasteiger partial charge is 0.493 e. The zero-order chi connectivity index (χ0) is 23.1. The highest BCUT2D eigenvalue weighted by Crippen LogP contribution is 2.27. The zero-order valence-electron chi connectivity index (χ0n) is 17.9. The van der Waals surface area contributed by atoms with Crippen LogP contribution in [0.5, 0.6) is 11.5 Å². The molecule has 3 aromatic rings. The molecule has 2 amide bonds. The van der Waals surface area contributed by atoms with Crippen LogP contribution in [0, 0.1) is 12.7 Å². The molecule has 0 aliphatic heterocycles. The van der Waals surface area contributed by atoms with Gasteiger partial charge in [0, 0.05) is 11.3 Å². The van der Waals surface area contributed by atoms with Crippen LogP contribution in [0.1, 0.15) is 21.5 Å². The van der Waals surface area contributed by atoms with Gasteiger partial charge >= 0.3 is 0 Å². The highest BCUT2D eigenvalue weighted by atomic mass is 19.1. The average molecular weight is 434 g/mol. The first-order valence-electron chi connectivity index (χ1n) is 9.78. The number of amides is 2. The standard InChI is InChI=1S/C25H23FN2O4/c1-16-4-11-20(12-5-16)27-25(30)21(14-17-6-9-19(26)10-7-17)28-24(29)18-8-13-22(31-2)23(15-18)32-3/h4-15H,1-3H3,(H,27,30)(H,28,29). The molecule has 0 aliphatic carbocycles. The lowest BCUT2D eigenvalue weighted by Crippen LogP contribution is -2.30. The maximum atomic E-state index is 13.3. The van der Waals surface area contributed by atoms with Gasteiger partial charge in [-0.15, -0.1) is 0 Å². The predicted molar refractivity (Wildman–Crippen MR) is 121 cm³/mol. The third-order valence-electron chi connectivity index (χ3n) is 4.63. The van der Waals surface area contributed by atoms with Gasteiger partial charge in [-0.25, -0.2) is 4.39 Å². The zero-order valence-corrected chi connectivity index (χ0v) is 17.9. The first-order chi connectivity index (χ1) is 15.4. The van der Waals surface area contributed by atoms with Gasteiger partial charge < -0.3 is 20.1 Å². The van der Waals surface area contributed by atoms with E-state index in [0.29, 0.717) is 22.7 Å². The maximum Gasteiger partial charge on any atom is 0.272 e. The molecule has 7 heteroatoms. The number of nitrogens with one attached hydrogen (secondary N) is 2. The minimum Gasteiger partial charge on any atom is -0.493 e. The van der Waals surface area contributed by atoms with E-state index in [2.05, 4.69) is 10.6 Å². The summed E-state index contributed by atoms with van der Waals surface area (Å²) in [5.41, 5.74) is 2.44. The molecule has 0 radical (unpaired) electrons. The van der Waals surface area contributed by atoms with E-state index < -0.39 is 17.6 Å². The number of carbonyl (C=O) groups is 2. The maximum absolute atomic E-state index is 13.3. The van der Waals surface area contributed by atoms with Gasteiger partial charge in [-0.1, -0.05) is 29.8 Å². The summed E-state index contributed by atoms with van der Waals surface area (Å²) in [6.45, 7) is 1.94. The molecule has 164 valence electrons. The number of hydrogen-bond donors (Lipinski definition) is 2. The van der Waals surface area contributed by atoms with Crippen molar-refractivity contribution in [2.24, 2.45) is 0 Å². The number of benzene rings is 3. The Morgan fingerprint density at radius 1 is 0.875 bits per heavy atom. The number of methoxy groups -OCH3 is 2. The highest BCUT2D eigenvalue weighted by Gasteiger charge is 2.17. The van der Waals surface area contributed by atoms with Gasteiger partial charge in [-0.3, -0.25) is 9.59 Å². The normalized spacial score (nSPS) is 10.9. The molecule has 3 rings (SSSR count). The Bertz CT molecular complexity index is 1140. The van der Waals surface area contributed by atoms with Gasteiger partial charge in [0.1, 0.15) is 11.5 Å². The molecule has 0 fully saturated rings. The second-order valence-electron chi connectivity index (χ2n) is 6.95. The quantitative estimate of drug-likeness (QED) is 0.535. The van der Waals surface area contributed by atoms with Gasteiger partial charge in [0.15, 0.2) is 11.5 Å². The van der Waals surface area contributed by atoms with E-state index in [9.17, 15) is 14.0 Å². The molecule has 6 nitrogen and oxygen atoms in total. The van der Waals surface area contributed by atoms with Crippen molar-refractivity contribution >= 4 is 23.6 Å². The van der Waals surface area contributed by atoms with Crippen molar-refractivity contribution in [2.45, 2.75) is 6.92 Å². The van der Waals surface area contributed by atoms with Crippen LogP contribution in [0.25, 0.3) is 6.08 Å². The van der Waals surface area contributed by atoms with E-state index >= 15 is 0 Å². The Kier molecular flexibility index (Phi) is 7.23. The minimum absolute atomic E-state index is 0.00281. The molecule has 32 heavy (non-hydrogen) atoms. The summed E-state index contributed by atoms with van der Waals surface area (Å²) in [5.74, 6) is -0.580. The summed E-state index contributed by atoms with van der Waals surface area (Å²) in [6, 6.07) is 17.5. The SMILES string of the molecule is COc1ccc(C(=O)NC(=Cc2ccc(F)cc2)C(=O)Nc2ccc(C)cc2)cc1OC. The minimum atomic E-state index is -0.521. The Morgan fingerprint density at radius 3 is 2.16 bits per heavy atom. The lowest BCUT2D eigenvalue weighted by molar-refractivity contribution is -0.113. The van der Waals surface area contributed by atoms with E-state index in [1.165, 1.54) is 50.6 Å². The molecule has 0 heterocycles. The lowest BCUT2D eigenvalue weighted by Gasteiger charge is -2.13. The first-order valence-corrected chi connectivity index (χ1v) is 9.78. The van der Waals surface area contributed by atoms with Gasteiger partial charge in [0.25, 0.3) is 11.8 Å². The van der Waals surface area contributed by atoms with Gasteiger partial charge in [0.05, 0.1) is 14.2 Å². The van der Waals surface area contributed by atoms with Crippen molar-refractivity contribution in [3.05, 3.63) is 94.9 Å². The summed E-state index contributed by atoms with van der Waals surface area (Å²) in [4.78, 5) is 25.8. The van der Waals surface area contributed by atoms with Crippen LogP contribution >= 0.6 is 0 Å². The molecule has 2 N–H and O–H groups in total. The Labute approximate surface area is 185 Å². The van der Waals surface area contributed by atoms with Crippen molar-refractivity contribution in [3.8, 4) is 11.5 Å². The van der Waals surface area contributed by atoms with Crippen LogP contribution in [0.4, 0.5) is 10.1 Å². The number of hydrogen-bond acceptors (Lipinski definition) is 4. The van der Waals surface area contributed by atoms with Gasteiger partial charge in [-0.05, 0) is 61.0 Å². The molecule has 0 saturated heterocycles. The first kappa shape index (κ1) is 22.6. The second-order valence-corrected chi connectivity index (χ2v) is 6.95. The Balaban J connectivity index is 1.89. The van der Waals surface area contributed by atoms with Crippen molar-refractivity contribution in [2.75, 3.05) is 19.5 Å². The topological polar surface area (TPSA) is 76.7 Å². The monoisotopic (exact) mass is 434 g/mol. The average Bonchev–Trinajstić information content (AvgIpc) is 2.80. The molecular weight excluding hydrogens is 411 g/mol. The molecule has 0 spiro atoms. The van der Waals surface area contributed by atoms with Crippen molar-refractivity contribution in [1.29, 1.82) is 0 Å². The van der Waals surface area contributed by atoms with Crippen LogP contribution in [0.2, 0.25) is 0 Å². The number of ether oxygens (including phenoxy) is 2. The van der Waals surface area contributed by atoms with E-state index in [0.717, 1.165) is 5.56 Å². The Morgan fingerprint density at radius 2 is 1.53 bits per heavy atom. The summed E-state index contributed by atoms with van der Waals surface area (Å²) in [5, 5.41) is 5.39. The second kappa shape index (κ2) is 10.3. The highest BCUT2D eigenvalue weighted by molar-refractivity contribution is 6.10. The van der Waals surface area contributed by atoms with E-state index in [4.69, 9.17) is 9.47 Å². The summed E-state index contributed by atoms with van der Waals surface area (Å²) in [6.07, 6.45) is 1.47. The molecule has 0 atom stereocenters. The summed E-state index contributed by atoms with van der Waals surface area (Å²) in [7, 11) is 2.96. The molecule has 0 aliphatic rings. The summed E-state index contributed by atoms with van der Waals surface area (Å²) < 4.78 is 23.7. The molecule has 3 aromatic carbocycles. The van der Waals surface area contributed by atoms with E-state index in [-0.39, 0.29) is 11.3 Å². The van der Waals surface area contributed by atoms with Crippen molar-refractivity contribution in [3.63, 3.8) is 0 Å². The van der Waals surface area contributed by atoms with Crippen LogP contribution in [0.15, 0.2) is 72.4 Å². The smallest absolute Gasteiger partial charge is 0.272 e. The third kappa shape index (κ3) is 5.72. The number of carbonyl (C=O) groups excluding carboxylic acids is 2. The molecular formula is C25H23FN2O4. The van der Waals surface area contributed by atoms with Crippen molar-refractivity contribution < 1.29 is 23.5 Å². The lowest BCUT2D eigenvalue weighted by atomic mass is 10.1. The van der Waals surface area contributed by atoms with Crippen molar-refractivity contribution in [1.82, 2.24) is 5.32 Å². The number of aryl methyl sites for hydroxylation is 1. The number of rotatable bonds is 7. The number of anilines is 1. The van der Waals surface area contributed by atoms with Gasteiger partial charge in [-0.2, -0.15) is 0 Å².